The highest BCUT2D eigenvalue weighted by Gasteiger charge is 2.28. The highest BCUT2D eigenvalue weighted by Crippen LogP contribution is 2.23. The van der Waals surface area contributed by atoms with Gasteiger partial charge in [0.25, 0.3) is 0 Å². The van der Waals surface area contributed by atoms with Crippen LogP contribution in [0.1, 0.15) is 31.7 Å². The molecule has 2 fully saturated rings. The first kappa shape index (κ1) is 13.8. The molecule has 0 radical (unpaired) electrons. The number of nitrogens with one attached hydrogen (secondary N) is 1. The second-order valence-electron chi connectivity index (χ2n) is 5.96. The molecule has 0 aliphatic carbocycles. The molecule has 0 aromatic carbocycles. The van der Waals surface area contributed by atoms with Crippen LogP contribution in [0.25, 0.3) is 0 Å². The van der Waals surface area contributed by atoms with Gasteiger partial charge in [-0.05, 0) is 51.9 Å². The second-order valence-corrected chi connectivity index (χ2v) is 5.96. The predicted octanol–water partition coefficient (Wildman–Crippen LogP) is 2.18. The van der Waals surface area contributed by atoms with E-state index in [2.05, 4.69) is 39.2 Å². The van der Waals surface area contributed by atoms with Crippen LogP contribution in [0.2, 0.25) is 0 Å². The second kappa shape index (κ2) is 6.55. The Kier molecular flexibility index (Phi) is 4.53. The molecule has 1 atom stereocenters. The first-order chi connectivity index (χ1) is 9.86. The van der Waals surface area contributed by atoms with Crippen molar-refractivity contribution in [2.24, 2.45) is 0 Å². The summed E-state index contributed by atoms with van der Waals surface area (Å²) in [6, 6.07) is 5.05. The quantitative estimate of drug-likeness (QED) is 0.912. The van der Waals surface area contributed by atoms with Gasteiger partial charge in [0.1, 0.15) is 5.82 Å². The third-order valence-corrected chi connectivity index (χ3v) is 4.52. The van der Waals surface area contributed by atoms with Crippen molar-refractivity contribution in [2.75, 3.05) is 38.0 Å². The van der Waals surface area contributed by atoms with Crippen molar-refractivity contribution in [2.45, 2.75) is 38.8 Å². The largest absolute Gasteiger partial charge is 0.370 e. The van der Waals surface area contributed by atoms with Crippen LogP contribution >= 0.6 is 0 Å². The SMILES string of the molecule is CCNc1ncccc1CN1CCCN2CCCC2C1. The summed E-state index contributed by atoms with van der Waals surface area (Å²) < 4.78 is 0. The average molecular weight is 274 g/mol. The minimum absolute atomic E-state index is 0.789. The summed E-state index contributed by atoms with van der Waals surface area (Å²) in [7, 11) is 0. The van der Waals surface area contributed by atoms with Crippen molar-refractivity contribution in [1.29, 1.82) is 0 Å². The molecule has 3 rings (SSSR count). The first-order valence-electron chi connectivity index (χ1n) is 8.01. The molecular weight excluding hydrogens is 248 g/mol. The lowest BCUT2D eigenvalue weighted by Crippen LogP contribution is -2.36. The Balaban J connectivity index is 1.67. The zero-order valence-electron chi connectivity index (χ0n) is 12.5. The van der Waals surface area contributed by atoms with Gasteiger partial charge in [-0.15, -0.1) is 0 Å². The Bertz CT molecular complexity index is 434. The predicted molar refractivity (Wildman–Crippen MR) is 82.9 cm³/mol. The van der Waals surface area contributed by atoms with E-state index in [1.165, 1.54) is 51.0 Å². The minimum Gasteiger partial charge on any atom is -0.370 e. The smallest absolute Gasteiger partial charge is 0.130 e. The third kappa shape index (κ3) is 3.13. The third-order valence-electron chi connectivity index (χ3n) is 4.52. The van der Waals surface area contributed by atoms with Crippen LogP contribution < -0.4 is 5.32 Å². The lowest BCUT2D eigenvalue weighted by molar-refractivity contribution is 0.215. The molecular formula is C16H26N4. The Morgan fingerprint density at radius 3 is 3.10 bits per heavy atom. The monoisotopic (exact) mass is 274 g/mol. The Morgan fingerprint density at radius 2 is 2.20 bits per heavy atom. The number of fused-ring (bicyclic) bond motifs is 1. The molecule has 2 aliphatic heterocycles. The van der Waals surface area contributed by atoms with Crippen LogP contribution in [0.5, 0.6) is 0 Å². The van der Waals surface area contributed by atoms with Gasteiger partial charge in [-0.3, -0.25) is 9.80 Å². The maximum absolute atomic E-state index is 4.48. The summed E-state index contributed by atoms with van der Waals surface area (Å²) in [6.07, 6.45) is 5.94. The van der Waals surface area contributed by atoms with Crippen molar-refractivity contribution < 1.29 is 0 Å². The molecule has 0 bridgehead atoms. The van der Waals surface area contributed by atoms with E-state index < -0.39 is 0 Å². The van der Waals surface area contributed by atoms with Gasteiger partial charge < -0.3 is 5.32 Å². The van der Waals surface area contributed by atoms with Crippen molar-refractivity contribution in [3.05, 3.63) is 23.9 Å². The molecule has 20 heavy (non-hydrogen) atoms. The number of nitrogens with zero attached hydrogens (tertiary/aromatic N) is 3. The topological polar surface area (TPSA) is 31.4 Å². The highest BCUT2D eigenvalue weighted by atomic mass is 15.3. The highest BCUT2D eigenvalue weighted by molar-refractivity contribution is 5.43. The zero-order chi connectivity index (χ0) is 13.8. The van der Waals surface area contributed by atoms with Gasteiger partial charge in [-0.2, -0.15) is 0 Å². The van der Waals surface area contributed by atoms with Gasteiger partial charge in [0.05, 0.1) is 0 Å². The number of pyridine rings is 1. The fraction of sp³-hybridized carbons (Fsp3) is 0.688. The van der Waals surface area contributed by atoms with Crippen LogP contribution in [0.15, 0.2) is 18.3 Å². The summed E-state index contributed by atoms with van der Waals surface area (Å²) in [6.45, 7) is 9.12. The van der Waals surface area contributed by atoms with Crippen LogP contribution in [0.3, 0.4) is 0 Å². The van der Waals surface area contributed by atoms with Gasteiger partial charge in [0, 0.05) is 37.4 Å². The van der Waals surface area contributed by atoms with E-state index in [9.17, 15) is 0 Å². The molecule has 1 unspecified atom stereocenters. The molecule has 1 N–H and O–H groups in total. The van der Waals surface area contributed by atoms with Gasteiger partial charge in [0.15, 0.2) is 0 Å². The van der Waals surface area contributed by atoms with E-state index in [0.29, 0.717) is 0 Å². The summed E-state index contributed by atoms with van der Waals surface area (Å²) in [4.78, 5) is 9.78. The van der Waals surface area contributed by atoms with Crippen LogP contribution in [0.4, 0.5) is 5.82 Å². The molecule has 0 spiro atoms. The lowest BCUT2D eigenvalue weighted by atomic mass is 10.2. The number of aromatic nitrogens is 1. The first-order valence-corrected chi connectivity index (χ1v) is 8.01. The molecule has 4 heteroatoms. The molecule has 3 heterocycles. The van der Waals surface area contributed by atoms with E-state index in [0.717, 1.165) is 24.9 Å². The molecule has 1 aromatic heterocycles. The van der Waals surface area contributed by atoms with Crippen LogP contribution in [-0.2, 0) is 6.54 Å². The molecule has 4 nitrogen and oxygen atoms in total. The summed E-state index contributed by atoms with van der Waals surface area (Å²) in [5.41, 5.74) is 1.33. The van der Waals surface area contributed by atoms with Crippen molar-refractivity contribution in [1.82, 2.24) is 14.8 Å². The zero-order valence-corrected chi connectivity index (χ0v) is 12.5. The van der Waals surface area contributed by atoms with E-state index in [1.54, 1.807) is 0 Å². The molecule has 0 saturated carbocycles. The number of hydrogen-bond donors (Lipinski definition) is 1. The van der Waals surface area contributed by atoms with Crippen LogP contribution in [-0.4, -0.2) is 53.5 Å². The van der Waals surface area contributed by atoms with Gasteiger partial charge >= 0.3 is 0 Å². The fourth-order valence-corrected chi connectivity index (χ4v) is 3.56. The van der Waals surface area contributed by atoms with Crippen LogP contribution in [0, 0.1) is 0 Å². The van der Waals surface area contributed by atoms with E-state index in [4.69, 9.17) is 0 Å². The number of anilines is 1. The van der Waals surface area contributed by atoms with Gasteiger partial charge in [-0.1, -0.05) is 6.07 Å². The molecule has 1 aromatic rings. The fourth-order valence-electron chi connectivity index (χ4n) is 3.56. The van der Waals surface area contributed by atoms with Gasteiger partial charge in [0.2, 0.25) is 0 Å². The summed E-state index contributed by atoms with van der Waals surface area (Å²) >= 11 is 0. The molecule has 2 aliphatic rings. The van der Waals surface area contributed by atoms with E-state index >= 15 is 0 Å². The lowest BCUT2D eigenvalue weighted by Gasteiger charge is -2.26. The molecule has 0 amide bonds. The average Bonchev–Trinajstić information content (AvgIpc) is 2.80. The van der Waals surface area contributed by atoms with E-state index in [1.807, 2.05) is 6.20 Å². The maximum atomic E-state index is 4.48. The number of hydrogen-bond acceptors (Lipinski definition) is 4. The standard InChI is InChI=1S/C16H26N4/c1-2-17-16-14(6-3-8-18-16)12-19-9-5-11-20-10-4-7-15(20)13-19/h3,6,8,15H,2,4-5,7,9-13H2,1H3,(H,17,18). The summed E-state index contributed by atoms with van der Waals surface area (Å²) in [5.74, 6) is 1.06. The van der Waals surface area contributed by atoms with Gasteiger partial charge in [-0.25, -0.2) is 4.98 Å². The Labute approximate surface area is 122 Å². The molecule has 110 valence electrons. The van der Waals surface area contributed by atoms with Crippen molar-refractivity contribution in [3.8, 4) is 0 Å². The normalized spacial score (nSPS) is 24.4. The van der Waals surface area contributed by atoms with Crippen molar-refractivity contribution >= 4 is 5.82 Å². The maximum Gasteiger partial charge on any atom is 0.130 e. The summed E-state index contributed by atoms with van der Waals surface area (Å²) in [5, 5.41) is 3.38. The molecule has 2 saturated heterocycles. The van der Waals surface area contributed by atoms with E-state index in [-0.39, 0.29) is 0 Å². The Hall–Kier alpha value is -1.13. The number of rotatable bonds is 4. The minimum atomic E-state index is 0.789. The van der Waals surface area contributed by atoms with Crippen molar-refractivity contribution in [3.63, 3.8) is 0 Å². The Morgan fingerprint density at radius 1 is 1.30 bits per heavy atom.